The molecule has 1 aliphatic heterocycles. The third-order valence-corrected chi connectivity index (χ3v) is 4.22. The van der Waals surface area contributed by atoms with Crippen molar-refractivity contribution in [2.24, 2.45) is 0 Å². The number of piperidine rings is 1. The zero-order valence-electron chi connectivity index (χ0n) is 12.5. The van der Waals surface area contributed by atoms with E-state index in [1.54, 1.807) is 10.8 Å². The molecule has 0 saturated carbocycles. The van der Waals surface area contributed by atoms with E-state index in [0.29, 0.717) is 0 Å². The van der Waals surface area contributed by atoms with Crippen molar-refractivity contribution in [3.05, 3.63) is 30.5 Å². The predicted molar refractivity (Wildman–Crippen MR) is 85.5 cm³/mol. The van der Waals surface area contributed by atoms with Gasteiger partial charge in [0.15, 0.2) is 0 Å². The van der Waals surface area contributed by atoms with Gasteiger partial charge in [0.25, 0.3) is 0 Å². The van der Waals surface area contributed by atoms with E-state index in [-0.39, 0.29) is 18.7 Å². The van der Waals surface area contributed by atoms with Gasteiger partial charge in [-0.15, -0.1) is 0 Å². The van der Waals surface area contributed by atoms with Crippen LogP contribution in [0.5, 0.6) is 0 Å². The maximum atomic E-state index is 12.1. The molecule has 1 aliphatic rings. The average molecular weight is 300 g/mol. The summed E-state index contributed by atoms with van der Waals surface area (Å²) in [6.45, 7) is 2.17. The highest BCUT2D eigenvalue weighted by atomic mass is 16.4. The number of hydrogen-bond acceptors (Lipinski definition) is 3. The van der Waals surface area contributed by atoms with Gasteiger partial charge in [-0.2, -0.15) is 0 Å². The molecule has 1 aromatic carbocycles. The minimum Gasteiger partial charge on any atom is -0.481 e. The van der Waals surface area contributed by atoms with E-state index in [9.17, 15) is 9.59 Å². The fraction of sp³-hybridized carbons (Fsp3) is 0.412. The van der Waals surface area contributed by atoms with Crippen LogP contribution in [-0.4, -0.2) is 34.6 Å². The first kappa shape index (κ1) is 14.6. The monoisotopic (exact) mass is 300 g/mol. The normalized spacial score (nSPS) is 15.2. The van der Waals surface area contributed by atoms with Crippen LogP contribution in [-0.2, 0) is 4.79 Å². The largest absolute Gasteiger partial charge is 0.481 e. The van der Waals surface area contributed by atoms with E-state index < -0.39 is 5.97 Å². The molecule has 2 heterocycles. The second-order valence-corrected chi connectivity index (χ2v) is 5.76. The van der Waals surface area contributed by atoms with E-state index in [1.807, 2.05) is 12.1 Å². The molecule has 116 valence electrons. The number of carboxylic acids is 1. The molecule has 0 amide bonds. The van der Waals surface area contributed by atoms with Crippen LogP contribution in [0.15, 0.2) is 30.5 Å². The minimum absolute atomic E-state index is 0.0208. The summed E-state index contributed by atoms with van der Waals surface area (Å²) in [5.74, 6) is -1.12. The quantitative estimate of drug-likeness (QED) is 0.942. The molecule has 2 aromatic rings. The number of nitrogens with zero attached hydrogens (tertiary/aromatic N) is 2. The van der Waals surface area contributed by atoms with Gasteiger partial charge >= 0.3 is 5.97 Å². The number of anilines is 1. The lowest BCUT2D eigenvalue weighted by Crippen LogP contribution is -2.29. The van der Waals surface area contributed by atoms with Crippen LogP contribution in [0.4, 0.5) is 5.69 Å². The van der Waals surface area contributed by atoms with Gasteiger partial charge in [-0.25, -0.2) is 0 Å². The number of fused-ring (bicyclic) bond motifs is 1. The van der Waals surface area contributed by atoms with Gasteiger partial charge in [0.2, 0.25) is 5.91 Å². The van der Waals surface area contributed by atoms with Crippen molar-refractivity contribution in [1.29, 1.82) is 0 Å². The summed E-state index contributed by atoms with van der Waals surface area (Å²) in [4.78, 5) is 25.1. The molecule has 3 rings (SSSR count). The number of rotatable bonds is 4. The predicted octanol–water partition coefficient (Wildman–Crippen LogP) is 3.14. The van der Waals surface area contributed by atoms with Crippen molar-refractivity contribution in [3.8, 4) is 0 Å². The smallest absolute Gasteiger partial charge is 0.303 e. The van der Waals surface area contributed by atoms with E-state index in [0.717, 1.165) is 24.0 Å². The fourth-order valence-electron chi connectivity index (χ4n) is 3.03. The van der Waals surface area contributed by atoms with Crippen LogP contribution < -0.4 is 4.90 Å². The SMILES string of the molecule is O=C(O)CCC(=O)n1ccc2cc(N3CCCCC3)ccc21. The summed E-state index contributed by atoms with van der Waals surface area (Å²) in [7, 11) is 0. The van der Waals surface area contributed by atoms with Gasteiger partial charge in [-0.3, -0.25) is 14.2 Å². The number of hydrogen-bond donors (Lipinski definition) is 1. The van der Waals surface area contributed by atoms with Crippen molar-refractivity contribution in [3.63, 3.8) is 0 Å². The van der Waals surface area contributed by atoms with Crippen molar-refractivity contribution in [1.82, 2.24) is 4.57 Å². The second kappa shape index (κ2) is 6.22. The Balaban J connectivity index is 1.82. The number of aliphatic carboxylic acids is 1. The van der Waals surface area contributed by atoms with Crippen LogP contribution in [0.1, 0.15) is 36.9 Å². The third-order valence-electron chi connectivity index (χ3n) is 4.22. The maximum absolute atomic E-state index is 12.1. The molecular formula is C17H20N2O3. The van der Waals surface area contributed by atoms with Gasteiger partial charge in [0.05, 0.1) is 11.9 Å². The Morgan fingerprint density at radius 1 is 1.05 bits per heavy atom. The Bertz CT molecular complexity index is 699. The van der Waals surface area contributed by atoms with Crippen LogP contribution >= 0.6 is 0 Å². The highest BCUT2D eigenvalue weighted by Crippen LogP contribution is 2.25. The number of aromatic nitrogens is 1. The molecule has 0 atom stereocenters. The molecular weight excluding hydrogens is 280 g/mol. The summed E-state index contributed by atoms with van der Waals surface area (Å²) >= 11 is 0. The topological polar surface area (TPSA) is 62.5 Å². The van der Waals surface area contributed by atoms with Crippen LogP contribution in [0.25, 0.3) is 10.9 Å². The van der Waals surface area contributed by atoms with Gasteiger partial charge < -0.3 is 10.0 Å². The molecule has 1 saturated heterocycles. The van der Waals surface area contributed by atoms with Crippen molar-refractivity contribution in [2.75, 3.05) is 18.0 Å². The standard InChI is InChI=1S/C17H20N2O3/c20-16(6-7-17(21)22)19-11-8-13-12-14(4-5-15(13)19)18-9-2-1-3-10-18/h4-5,8,11-12H,1-3,6-7,9-10H2,(H,21,22). The molecule has 5 heteroatoms. The summed E-state index contributed by atoms with van der Waals surface area (Å²) in [6, 6.07) is 8.04. The Labute approximate surface area is 129 Å². The highest BCUT2D eigenvalue weighted by molar-refractivity contribution is 5.94. The first-order valence-electron chi connectivity index (χ1n) is 7.76. The molecule has 1 aromatic heterocycles. The first-order chi connectivity index (χ1) is 10.6. The molecule has 1 N–H and O–H groups in total. The lowest BCUT2D eigenvalue weighted by Gasteiger charge is -2.28. The van der Waals surface area contributed by atoms with Gasteiger partial charge in [0, 0.05) is 36.8 Å². The molecule has 22 heavy (non-hydrogen) atoms. The average Bonchev–Trinajstić information content (AvgIpc) is 2.96. The summed E-state index contributed by atoms with van der Waals surface area (Å²) < 4.78 is 1.55. The Morgan fingerprint density at radius 2 is 1.82 bits per heavy atom. The number of carbonyl (C=O) groups is 2. The second-order valence-electron chi connectivity index (χ2n) is 5.76. The van der Waals surface area contributed by atoms with Crippen molar-refractivity contribution >= 4 is 28.5 Å². The van der Waals surface area contributed by atoms with Gasteiger partial charge in [0.1, 0.15) is 0 Å². The third kappa shape index (κ3) is 2.98. The molecule has 0 spiro atoms. The summed E-state index contributed by atoms with van der Waals surface area (Å²) in [5.41, 5.74) is 2.04. The summed E-state index contributed by atoms with van der Waals surface area (Å²) in [6.07, 6.45) is 5.37. The van der Waals surface area contributed by atoms with Crippen LogP contribution in [0.2, 0.25) is 0 Å². The lowest BCUT2D eigenvalue weighted by molar-refractivity contribution is -0.136. The van der Waals surface area contributed by atoms with E-state index in [4.69, 9.17) is 5.11 Å². The zero-order chi connectivity index (χ0) is 15.5. The Morgan fingerprint density at radius 3 is 2.55 bits per heavy atom. The lowest BCUT2D eigenvalue weighted by atomic mass is 10.1. The highest BCUT2D eigenvalue weighted by Gasteiger charge is 2.14. The molecule has 0 unspecified atom stereocenters. The Hall–Kier alpha value is -2.30. The van der Waals surface area contributed by atoms with Crippen molar-refractivity contribution < 1.29 is 14.7 Å². The first-order valence-corrected chi connectivity index (χ1v) is 7.76. The Kier molecular flexibility index (Phi) is 4.13. The maximum Gasteiger partial charge on any atom is 0.303 e. The molecule has 1 fully saturated rings. The molecule has 0 radical (unpaired) electrons. The van der Waals surface area contributed by atoms with Crippen LogP contribution in [0.3, 0.4) is 0 Å². The van der Waals surface area contributed by atoms with Gasteiger partial charge in [-0.05, 0) is 43.5 Å². The fourth-order valence-corrected chi connectivity index (χ4v) is 3.03. The molecule has 0 bridgehead atoms. The van der Waals surface area contributed by atoms with Crippen LogP contribution in [0, 0.1) is 0 Å². The molecule has 5 nitrogen and oxygen atoms in total. The van der Waals surface area contributed by atoms with E-state index in [2.05, 4.69) is 17.0 Å². The summed E-state index contributed by atoms with van der Waals surface area (Å²) in [5, 5.41) is 9.71. The molecule has 0 aliphatic carbocycles. The minimum atomic E-state index is -0.947. The number of carbonyl (C=O) groups excluding carboxylic acids is 1. The van der Waals surface area contributed by atoms with E-state index >= 15 is 0 Å². The number of benzene rings is 1. The van der Waals surface area contributed by atoms with Crippen molar-refractivity contribution in [2.45, 2.75) is 32.1 Å². The van der Waals surface area contributed by atoms with E-state index in [1.165, 1.54) is 24.9 Å². The number of carboxylic acid groups (broad SMARTS) is 1. The van der Waals surface area contributed by atoms with Gasteiger partial charge in [-0.1, -0.05) is 0 Å². The zero-order valence-corrected chi connectivity index (χ0v) is 12.5.